The van der Waals surface area contributed by atoms with E-state index in [0.717, 1.165) is 23.7 Å². The molecule has 0 radical (unpaired) electrons. The lowest BCUT2D eigenvalue weighted by Gasteiger charge is -2.59. The van der Waals surface area contributed by atoms with Crippen molar-refractivity contribution in [3.63, 3.8) is 0 Å². The first kappa shape index (κ1) is 40.1. The van der Waals surface area contributed by atoms with Crippen molar-refractivity contribution in [1.82, 2.24) is 0 Å². The first-order valence-electron chi connectivity index (χ1n) is 26.2. The van der Waals surface area contributed by atoms with Crippen LogP contribution in [0.1, 0.15) is 97.1 Å². The molecule has 5 fully saturated rings. The van der Waals surface area contributed by atoms with E-state index >= 15 is 0 Å². The average Bonchev–Trinajstić information content (AvgIpc) is 4.00. The molecule has 68 heavy (non-hydrogen) atoms. The predicted molar refractivity (Wildman–Crippen MR) is 289 cm³/mol. The lowest BCUT2D eigenvalue weighted by molar-refractivity contribution is 0.133. The van der Waals surface area contributed by atoms with E-state index in [1.54, 1.807) is 21.4 Å². The summed E-state index contributed by atoms with van der Waals surface area (Å²) in [7, 11) is -2.88. The Hall–Kier alpha value is -5.78. The van der Waals surface area contributed by atoms with Crippen molar-refractivity contribution < 1.29 is 0 Å². The fourth-order valence-corrected chi connectivity index (χ4v) is 22.3. The highest BCUT2D eigenvalue weighted by Crippen LogP contribution is 2.64. The molecule has 4 aliphatic heterocycles. The normalized spacial score (nSPS) is 28.2. The van der Waals surface area contributed by atoms with Gasteiger partial charge in [0.15, 0.2) is 0 Å². The lowest BCUT2D eigenvalue weighted by atomic mass is 9.33. The van der Waals surface area contributed by atoms with Gasteiger partial charge in [-0.15, -0.1) is 0 Å². The van der Waals surface area contributed by atoms with Gasteiger partial charge in [0.05, 0.1) is 5.54 Å². The summed E-state index contributed by atoms with van der Waals surface area (Å²) in [6.07, 6.45) is 10.6. The predicted octanol–water partition coefficient (Wildman–Crippen LogP) is 10.6. The van der Waals surface area contributed by atoms with Crippen LogP contribution >= 0.6 is 0 Å². The van der Waals surface area contributed by atoms with E-state index in [-0.39, 0.29) is 23.1 Å². The van der Waals surface area contributed by atoms with Gasteiger partial charge in [-0.05, 0) is 142 Å². The summed E-state index contributed by atoms with van der Waals surface area (Å²) >= 11 is 0. The van der Waals surface area contributed by atoms with Crippen molar-refractivity contribution in [2.24, 2.45) is 23.7 Å². The van der Waals surface area contributed by atoms with Gasteiger partial charge in [0, 0.05) is 51.3 Å². The summed E-state index contributed by atoms with van der Waals surface area (Å²) < 4.78 is 0. The quantitative estimate of drug-likeness (QED) is 0.159. The highest BCUT2D eigenvalue weighted by atomic mass is 28.3. The van der Waals surface area contributed by atoms with Gasteiger partial charge < -0.3 is 14.7 Å². The minimum Gasteiger partial charge on any atom is -0.339 e. The second-order valence-electron chi connectivity index (χ2n) is 23.9. The van der Waals surface area contributed by atoms with Crippen molar-refractivity contribution in [1.29, 1.82) is 0 Å². The molecule has 337 valence electrons. The van der Waals surface area contributed by atoms with Crippen molar-refractivity contribution in [2.45, 2.75) is 108 Å². The molecule has 7 unspecified atom stereocenters. The van der Waals surface area contributed by atoms with E-state index in [4.69, 9.17) is 0 Å². The van der Waals surface area contributed by atoms with E-state index in [0.29, 0.717) is 6.04 Å². The van der Waals surface area contributed by atoms with Crippen LogP contribution in [0.4, 0.5) is 39.8 Å². The Balaban J connectivity index is 1.07. The van der Waals surface area contributed by atoms with E-state index < -0.39 is 8.07 Å². The fraction of sp³-hybridized carbons (Fsp3) is 0.333. The molecule has 0 amide bonds. The van der Waals surface area contributed by atoms with Gasteiger partial charge in [0.1, 0.15) is 0 Å². The van der Waals surface area contributed by atoms with Crippen LogP contribution in [0.25, 0.3) is 0 Å². The van der Waals surface area contributed by atoms with E-state index in [2.05, 4.69) is 207 Å². The molecule has 7 atom stereocenters. The Morgan fingerprint density at radius 2 is 1.15 bits per heavy atom. The Labute approximate surface area is 405 Å². The maximum absolute atomic E-state index is 3.03. The third-order valence-electron chi connectivity index (χ3n) is 20.0. The molecular formula is C63H62BN3Si-. The molecule has 3 nitrogen and oxygen atoms in total. The molecule has 9 aliphatic rings. The fourth-order valence-electron chi connectivity index (χ4n) is 17.0. The number of anilines is 7. The smallest absolute Gasteiger partial charge is 0.245 e. The van der Waals surface area contributed by atoms with Gasteiger partial charge in [0.2, 0.25) is 6.71 Å². The van der Waals surface area contributed by atoms with Crippen molar-refractivity contribution in [3.8, 4) is 0 Å². The standard InChI is InChI=1S/C63H62BN3Si/c1-61(2,3)43-29-30-50-49(37-43)62(4)31-15-16-32-63(62,5)67(50)45-38-54-58-55(39-45)66(53-36-41-34-42-33-40(41)35-48(42)53)52-26-18-28-57-60(52)64(58)59-51(65(54)44-19-9-6-10-20-44)25-17-27-56(59)68(57,46-21-11-7-12-22-46)47-23-13-8-14-24-47/h6-14,17-30,37-42,48,53H,15-16,31-36H2,1-5H3/q-1. The molecule has 7 aromatic carbocycles. The maximum Gasteiger partial charge on any atom is 0.245 e. The third-order valence-corrected chi connectivity index (χ3v) is 24.9. The van der Waals surface area contributed by atoms with Gasteiger partial charge in [-0.25, -0.2) is 0 Å². The van der Waals surface area contributed by atoms with E-state index in [1.807, 2.05) is 0 Å². The van der Waals surface area contributed by atoms with Crippen LogP contribution in [-0.2, 0) is 10.8 Å². The molecule has 7 aromatic rings. The van der Waals surface area contributed by atoms with Crippen LogP contribution in [0.2, 0.25) is 0 Å². The summed E-state index contributed by atoms with van der Waals surface area (Å²) in [4.78, 5) is 8.63. The molecule has 5 heteroatoms. The topological polar surface area (TPSA) is 9.72 Å². The zero-order chi connectivity index (χ0) is 45.5. The zero-order valence-corrected chi connectivity index (χ0v) is 41.5. The van der Waals surface area contributed by atoms with E-state index in [1.165, 1.54) is 118 Å². The molecule has 0 N–H and O–H groups in total. The molecule has 5 aliphatic carbocycles. The average molecular weight is 900 g/mol. The third kappa shape index (κ3) is 4.92. The first-order valence-corrected chi connectivity index (χ1v) is 28.2. The van der Waals surface area contributed by atoms with E-state index in [9.17, 15) is 0 Å². The molecule has 4 heterocycles. The van der Waals surface area contributed by atoms with Crippen LogP contribution in [0.15, 0.2) is 158 Å². The second-order valence-corrected chi connectivity index (χ2v) is 27.6. The Morgan fingerprint density at radius 3 is 1.79 bits per heavy atom. The van der Waals surface area contributed by atoms with Gasteiger partial charge in [0.25, 0.3) is 0 Å². The second kappa shape index (κ2) is 13.7. The van der Waals surface area contributed by atoms with Gasteiger partial charge in [-0.1, -0.05) is 167 Å². The Bertz CT molecular complexity index is 3190. The molecule has 16 rings (SSSR count). The lowest BCUT2D eigenvalue weighted by Crippen LogP contribution is -2.88. The highest BCUT2D eigenvalue weighted by molar-refractivity contribution is 7.27. The van der Waals surface area contributed by atoms with Crippen molar-refractivity contribution in [2.75, 3.05) is 14.7 Å². The van der Waals surface area contributed by atoms with Crippen LogP contribution in [0.3, 0.4) is 0 Å². The first-order chi connectivity index (χ1) is 33.1. The Kier molecular flexibility index (Phi) is 8.10. The summed E-state index contributed by atoms with van der Waals surface area (Å²) in [5.41, 5.74) is 17.4. The van der Waals surface area contributed by atoms with Gasteiger partial charge >= 0.3 is 0 Å². The van der Waals surface area contributed by atoms with Crippen LogP contribution in [0, 0.1) is 23.7 Å². The number of nitrogens with zero attached hydrogens (tertiary/aromatic N) is 3. The number of hydrogen-bond acceptors (Lipinski definition) is 3. The molecule has 0 spiro atoms. The minimum atomic E-state index is -2.88. The number of rotatable bonds is 5. The minimum absolute atomic E-state index is 0.0342. The largest absolute Gasteiger partial charge is 0.339 e. The molecular weight excluding hydrogens is 838 g/mol. The van der Waals surface area contributed by atoms with Crippen molar-refractivity contribution in [3.05, 3.63) is 169 Å². The molecule has 0 aromatic heterocycles. The number of fused-ring (bicyclic) bond motifs is 4. The summed E-state index contributed by atoms with van der Waals surface area (Å²) in [6, 6.07) is 63.5. The van der Waals surface area contributed by atoms with Crippen LogP contribution in [0.5, 0.6) is 0 Å². The van der Waals surface area contributed by atoms with Crippen LogP contribution < -0.4 is 51.8 Å². The SMILES string of the molecule is CC(C)(C)c1ccc2c(c1)C1(C)CCCCC1(C)N2c1cc2c3c(c1)N(C1CC4CC5CC4CC51)c1cccc4c1B3c1c(cccc1[Si-]4(c1ccccc1)c1ccccc1)N2c1ccccc1. The Morgan fingerprint density at radius 1 is 0.529 bits per heavy atom. The molecule has 4 bridgehead atoms. The van der Waals surface area contributed by atoms with Gasteiger partial charge in [-0.2, -0.15) is 20.7 Å². The summed E-state index contributed by atoms with van der Waals surface area (Å²) in [5, 5.41) is 6.07. The molecule has 0 saturated heterocycles. The highest BCUT2D eigenvalue weighted by Gasteiger charge is 2.60. The number of para-hydroxylation sites is 1. The number of hydrogen-bond donors (Lipinski definition) is 0. The maximum atomic E-state index is 3.03. The summed E-state index contributed by atoms with van der Waals surface area (Å²) in [5.74, 6) is 3.33. The van der Waals surface area contributed by atoms with Crippen molar-refractivity contribution >= 4 is 91.7 Å². The molecule has 5 saturated carbocycles. The zero-order valence-electron chi connectivity index (χ0n) is 40.5. The number of benzene rings is 7. The summed E-state index contributed by atoms with van der Waals surface area (Å²) in [6.45, 7) is 12.5. The van der Waals surface area contributed by atoms with Gasteiger partial charge in [-0.3, -0.25) is 0 Å². The monoisotopic (exact) mass is 899 g/mol. The van der Waals surface area contributed by atoms with Crippen LogP contribution in [-0.4, -0.2) is 26.4 Å².